The van der Waals surface area contributed by atoms with Crippen molar-refractivity contribution >= 4 is 17.3 Å². The maximum absolute atomic E-state index is 5.62. The summed E-state index contributed by atoms with van der Waals surface area (Å²) in [5.74, 6) is 6.40. The van der Waals surface area contributed by atoms with Gasteiger partial charge in [-0.2, -0.15) is 0 Å². The Balaban J connectivity index is 1.99. The average molecular weight is 281 g/mol. The molecule has 1 fully saturated rings. The number of guanidine groups is 1. The van der Waals surface area contributed by atoms with Crippen LogP contribution >= 0.6 is 11.3 Å². The first kappa shape index (κ1) is 14.3. The molecule has 1 heterocycles. The number of hydrogen-bond acceptors (Lipinski definition) is 4. The minimum atomic E-state index is 0.421. The van der Waals surface area contributed by atoms with Crippen LogP contribution in [-0.2, 0) is 6.54 Å². The van der Waals surface area contributed by atoms with Crippen LogP contribution in [0.4, 0.5) is 0 Å². The van der Waals surface area contributed by atoms with Gasteiger partial charge in [-0.3, -0.25) is 5.43 Å². The van der Waals surface area contributed by atoms with Crippen LogP contribution in [0, 0.1) is 6.92 Å². The number of thiazole rings is 1. The lowest BCUT2D eigenvalue weighted by molar-refractivity contribution is 0.423. The van der Waals surface area contributed by atoms with Crippen LogP contribution < -0.4 is 11.3 Å². The summed E-state index contributed by atoms with van der Waals surface area (Å²) in [6.45, 7) is 2.83. The SMILES string of the molecule is Cc1ncsc1CN(C)C(=NC1CCCCC1)NN. The summed E-state index contributed by atoms with van der Waals surface area (Å²) >= 11 is 1.68. The average Bonchev–Trinajstić information content (AvgIpc) is 2.82. The Kier molecular flexibility index (Phi) is 5.15. The van der Waals surface area contributed by atoms with E-state index < -0.39 is 0 Å². The van der Waals surface area contributed by atoms with Crippen molar-refractivity contribution in [3.8, 4) is 0 Å². The minimum Gasteiger partial charge on any atom is -0.340 e. The molecule has 1 aliphatic carbocycles. The number of nitrogens with two attached hydrogens (primary N) is 1. The van der Waals surface area contributed by atoms with E-state index in [0.29, 0.717) is 6.04 Å². The molecule has 0 radical (unpaired) electrons. The molecule has 5 nitrogen and oxygen atoms in total. The first-order valence-electron chi connectivity index (χ1n) is 6.85. The Hall–Kier alpha value is -1.14. The molecule has 3 N–H and O–H groups in total. The van der Waals surface area contributed by atoms with Gasteiger partial charge in [-0.25, -0.2) is 15.8 Å². The Morgan fingerprint density at radius 2 is 2.26 bits per heavy atom. The fourth-order valence-electron chi connectivity index (χ4n) is 2.40. The zero-order chi connectivity index (χ0) is 13.7. The zero-order valence-corrected chi connectivity index (χ0v) is 12.5. The third-order valence-corrected chi connectivity index (χ3v) is 4.52. The largest absolute Gasteiger partial charge is 0.340 e. The summed E-state index contributed by atoms with van der Waals surface area (Å²) in [6.07, 6.45) is 6.26. The molecular formula is C13H23N5S. The van der Waals surface area contributed by atoms with Crippen molar-refractivity contribution in [2.75, 3.05) is 7.05 Å². The van der Waals surface area contributed by atoms with E-state index in [1.54, 1.807) is 11.3 Å². The molecule has 106 valence electrons. The molecule has 0 aliphatic heterocycles. The van der Waals surface area contributed by atoms with Gasteiger partial charge in [0.15, 0.2) is 0 Å². The second kappa shape index (κ2) is 6.86. The third-order valence-electron chi connectivity index (χ3n) is 3.60. The second-order valence-electron chi connectivity index (χ2n) is 5.11. The molecule has 19 heavy (non-hydrogen) atoms. The van der Waals surface area contributed by atoms with Gasteiger partial charge in [0.05, 0.1) is 23.8 Å². The van der Waals surface area contributed by atoms with Crippen molar-refractivity contribution in [3.63, 3.8) is 0 Å². The predicted molar refractivity (Wildman–Crippen MR) is 79.9 cm³/mol. The Morgan fingerprint density at radius 1 is 1.53 bits per heavy atom. The predicted octanol–water partition coefficient (Wildman–Crippen LogP) is 2.04. The maximum atomic E-state index is 5.62. The standard InChI is InChI=1S/C13H23N5S/c1-10-12(19-9-15-10)8-18(2)13(17-14)16-11-6-4-3-5-7-11/h9,11H,3-8,14H2,1-2H3,(H,16,17). The first-order chi connectivity index (χ1) is 9.20. The molecule has 1 aromatic heterocycles. The lowest BCUT2D eigenvalue weighted by Crippen LogP contribution is -2.43. The molecule has 1 aliphatic rings. The summed E-state index contributed by atoms with van der Waals surface area (Å²) in [6, 6.07) is 0.421. The van der Waals surface area contributed by atoms with E-state index in [0.717, 1.165) is 18.2 Å². The molecule has 0 atom stereocenters. The van der Waals surface area contributed by atoms with E-state index >= 15 is 0 Å². The van der Waals surface area contributed by atoms with Crippen LogP contribution in [0.1, 0.15) is 42.7 Å². The van der Waals surface area contributed by atoms with Crippen LogP contribution in [0.15, 0.2) is 10.5 Å². The number of hydrazine groups is 1. The fraction of sp³-hybridized carbons (Fsp3) is 0.692. The van der Waals surface area contributed by atoms with Crippen molar-refractivity contribution in [1.29, 1.82) is 0 Å². The Bertz CT molecular complexity index is 422. The summed E-state index contributed by atoms with van der Waals surface area (Å²) in [5.41, 5.74) is 5.71. The van der Waals surface area contributed by atoms with Gasteiger partial charge in [-0.1, -0.05) is 19.3 Å². The number of aromatic nitrogens is 1. The smallest absolute Gasteiger partial charge is 0.208 e. The molecule has 0 saturated heterocycles. The molecule has 0 unspecified atom stereocenters. The second-order valence-corrected chi connectivity index (χ2v) is 6.05. The molecule has 0 spiro atoms. The van der Waals surface area contributed by atoms with E-state index in [1.807, 2.05) is 19.5 Å². The number of rotatable bonds is 3. The van der Waals surface area contributed by atoms with Crippen molar-refractivity contribution in [1.82, 2.24) is 15.3 Å². The van der Waals surface area contributed by atoms with E-state index in [1.165, 1.54) is 37.0 Å². The summed E-state index contributed by atoms with van der Waals surface area (Å²) in [4.78, 5) is 12.3. The molecule has 0 amide bonds. The van der Waals surface area contributed by atoms with Crippen LogP contribution in [0.2, 0.25) is 0 Å². The lowest BCUT2D eigenvalue weighted by atomic mass is 9.96. The molecule has 2 rings (SSSR count). The van der Waals surface area contributed by atoms with Crippen molar-refractivity contribution in [3.05, 3.63) is 16.1 Å². The summed E-state index contributed by atoms with van der Waals surface area (Å²) < 4.78 is 0. The van der Waals surface area contributed by atoms with Crippen LogP contribution in [0.5, 0.6) is 0 Å². The molecule has 0 aromatic carbocycles. The van der Waals surface area contributed by atoms with Gasteiger partial charge in [0, 0.05) is 11.9 Å². The van der Waals surface area contributed by atoms with Gasteiger partial charge in [-0.05, 0) is 19.8 Å². The normalized spacial score (nSPS) is 17.5. The van der Waals surface area contributed by atoms with E-state index in [4.69, 9.17) is 10.8 Å². The van der Waals surface area contributed by atoms with Crippen LogP contribution in [-0.4, -0.2) is 28.9 Å². The quantitative estimate of drug-likeness (QED) is 0.385. The number of nitrogens with zero attached hydrogens (tertiary/aromatic N) is 3. The van der Waals surface area contributed by atoms with Crippen LogP contribution in [0.25, 0.3) is 0 Å². The molecule has 0 bridgehead atoms. The van der Waals surface area contributed by atoms with Crippen LogP contribution in [0.3, 0.4) is 0 Å². The number of hydrogen-bond donors (Lipinski definition) is 2. The van der Waals surface area contributed by atoms with Gasteiger partial charge in [0.2, 0.25) is 5.96 Å². The number of aryl methyl sites for hydroxylation is 1. The highest BCUT2D eigenvalue weighted by Gasteiger charge is 2.15. The molecule has 6 heteroatoms. The van der Waals surface area contributed by atoms with Crippen molar-refractivity contribution in [2.45, 2.75) is 51.6 Å². The summed E-state index contributed by atoms with van der Waals surface area (Å²) in [5, 5.41) is 0. The Labute approximate surface area is 118 Å². The molecular weight excluding hydrogens is 258 g/mol. The van der Waals surface area contributed by atoms with E-state index in [9.17, 15) is 0 Å². The van der Waals surface area contributed by atoms with E-state index in [-0.39, 0.29) is 0 Å². The van der Waals surface area contributed by atoms with E-state index in [2.05, 4.69) is 15.3 Å². The molecule has 1 aromatic rings. The van der Waals surface area contributed by atoms with Gasteiger partial charge < -0.3 is 4.90 Å². The topological polar surface area (TPSA) is 66.5 Å². The van der Waals surface area contributed by atoms with Gasteiger partial charge in [-0.15, -0.1) is 11.3 Å². The molecule has 1 saturated carbocycles. The number of aliphatic imine (C=N–C) groups is 1. The van der Waals surface area contributed by atoms with Crippen molar-refractivity contribution < 1.29 is 0 Å². The minimum absolute atomic E-state index is 0.421. The lowest BCUT2D eigenvalue weighted by Gasteiger charge is -2.24. The first-order valence-corrected chi connectivity index (χ1v) is 7.73. The highest BCUT2D eigenvalue weighted by molar-refractivity contribution is 7.09. The third kappa shape index (κ3) is 3.91. The van der Waals surface area contributed by atoms with Gasteiger partial charge >= 0.3 is 0 Å². The van der Waals surface area contributed by atoms with Crippen molar-refractivity contribution in [2.24, 2.45) is 10.8 Å². The van der Waals surface area contributed by atoms with Gasteiger partial charge in [0.1, 0.15) is 0 Å². The summed E-state index contributed by atoms with van der Waals surface area (Å²) in [7, 11) is 2.01. The maximum Gasteiger partial charge on any atom is 0.208 e. The highest BCUT2D eigenvalue weighted by atomic mass is 32.1. The zero-order valence-electron chi connectivity index (χ0n) is 11.7. The highest BCUT2D eigenvalue weighted by Crippen LogP contribution is 2.21. The monoisotopic (exact) mass is 281 g/mol. The Morgan fingerprint density at radius 3 is 2.84 bits per heavy atom. The number of nitrogens with one attached hydrogen (secondary N) is 1. The van der Waals surface area contributed by atoms with Gasteiger partial charge in [0.25, 0.3) is 0 Å². The fourth-order valence-corrected chi connectivity index (χ4v) is 3.23.